The normalized spacial score (nSPS) is 19.4. The molecule has 1 rings (SSSR count). The molecule has 1 atom stereocenters. The van der Waals surface area contributed by atoms with Gasteiger partial charge in [0.1, 0.15) is 0 Å². The Morgan fingerprint density at radius 1 is 1.47 bits per heavy atom. The molecule has 1 saturated heterocycles. The van der Waals surface area contributed by atoms with Crippen molar-refractivity contribution in [3.05, 3.63) is 0 Å². The van der Waals surface area contributed by atoms with Crippen molar-refractivity contribution in [3.63, 3.8) is 0 Å². The summed E-state index contributed by atoms with van der Waals surface area (Å²) in [5.41, 5.74) is 0. The molecule has 0 aliphatic carbocycles. The van der Waals surface area contributed by atoms with Crippen LogP contribution in [-0.2, 0) is 9.47 Å². The number of nitrogens with zero attached hydrogens (tertiary/aromatic N) is 1. The maximum absolute atomic E-state index is 5.63. The van der Waals surface area contributed by atoms with Gasteiger partial charge in [-0.05, 0) is 26.7 Å². The van der Waals surface area contributed by atoms with Crippen molar-refractivity contribution in [1.82, 2.24) is 10.6 Å². The van der Waals surface area contributed by atoms with Gasteiger partial charge in [0.25, 0.3) is 0 Å². The molecule has 6 heteroatoms. The first-order chi connectivity index (χ1) is 8.72. The van der Waals surface area contributed by atoms with E-state index in [-0.39, 0.29) is 24.0 Å². The summed E-state index contributed by atoms with van der Waals surface area (Å²) in [6, 6.07) is 0.398. The first-order valence-corrected chi connectivity index (χ1v) is 6.85. The number of guanidine groups is 1. The highest BCUT2D eigenvalue weighted by molar-refractivity contribution is 14.0. The third-order valence-electron chi connectivity index (χ3n) is 2.78. The second-order valence-corrected chi connectivity index (χ2v) is 4.96. The van der Waals surface area contributed by atoms with E-state index in [4.69, 9.17) is 9.47 Å². The number of halogens is 1. The molecular formula is C13H28IN3O2. The first-order valence-electron chi connectivity index (χ1n) is 6.85. The van der Waals surface area contributed by atoms with Gasteiger partial charge in [-0.1, -0.05) is 0 Å². The van der Waals surface area contributed by atoms with Crippen molar-refractivity contribution in [2.45, 2.75) is 32.7 Å². The highest BCUT2D eigenvalue weighted by Gasteiger charge is 2.15. The highest BCUT2D eigenvalue weighted by Crippen LogP contribution is 2.12. The van der Waals surface area contributed by atoms with E-state index in [0.717, 1.165) is 51.8 Å². The van der Waals surface area contributed by atoms with Crippen LogP contribution in [0.1, 0.15) is 26.7 Å². The number of rotatable bonds is 7. The quantitative estimate of drug-likeness (QED) is 0.303. The van der Waals surface area contributed by atoms with E-state index in [1.807, 2.05) is 0 Å². The molecule has 1 fully saturated rings. The largest absolute Gasteiger partial charge is 0.381 e. The number of aliphatic imine (C=N–C) groups is 1. The molecule has 1 aliphatic heterocycles. The Bertz CT molecular complexity index is 244. The standard InChI is InChI=1S/C13H27N3O2.HI/c1-11(2)16-13(14-3)15-6-4-7-17-9-12-5-8-18-10-12;/h11-12H,4-10H2,1-3H3,(H2,14,15,16);1H. The van der Waals surface area contributed by atoms with Crippen LogP contribution in [0.2, 0.25) is 0 Å². The number of ether oxygens (including phenoxy) is 2. The molecule has 2 N–H and O–H groups in total. The molecule has 5 nitrogen and oxygen atoms in total. The van der Waals surface area contributed by atoms with Crippen LogP contribution in [0.4, 0.5) is 0 Å². The molecule has 0 spiro atoms. The van der Waals surface area contributed by atoms with Crippen molar-refractivity contribution in [1.29, 1.82) is 0 Å². The Morgan fingerprint density at radius 2 is 2.26 bits per heavy atom. The fraction of sp³-hybridized carbons (Fsp3) is 0.923. The number of nitrogens with one attached hydrogen (secondary N) is 2. The van der Waals surface area contributed by atoms with E-state index in [1.54, 1.807) is 7.05 Å². The Balaban J connectivity index is 0.00000324. The van der Waals surface area contributed by atoms with Gasteiger partial charge < -0.3 is 20.1 Å². The minimum absolute atomic E-state index is 0. The number of hydrogen-bond acceptors (Lipinski definition) is 3. The first kappa shape index (κ1) is 18.9. The second kappa shape index (κ2) is 11.7. The summed E-state index contributed by atoms with van der Waals surface area (Å²) in [6.07, 6.45) is 2.13. The Kier molecular flexibility index (Phi) is 11.7. The zero-order valence-electron chi connectivity index (χ0n) is 12.3. The van der Waals surface area contributed by atoms with E-state index in [9.17, 15) is 0 Å². The van der Waals surface area contributed by atoms with Gasteiger partial charge in [-0.25, -0.2) is 0 Å². The van der Waals surface area contributed by atoms with Crippen LogP contribution in [-0.4, -0.2) is 52.0 Å². The average Bonchev–Trinajstić information content (AvgIpc) is 2.84. The Labute approximate surface area is 133 Å². The molecule has 1 heterocycles. The zero-order valence-corrected chi connectivity index (χ0v) is 14.6. The third kappa shape index (κ3) is 9.45. The monoisotopic (exact) mass is 385 g/mol. The Morgan fingerprint density at radius 3 is 2.84 bits per heavy atom. The van der Waals surface area contributed by atoms with Gasteiger partial charge in [-0.15, -0.1) is 24.0 Å². The van der Waals surface area contributed by atoms with Gasteiger partial charge in [0.15, 0.2) is 5.96 Å². The average molecular weight is 385 g/mol. The lowest BCUT2D eigenvalue weighted by Crippen LogP contribution is -2.41. The lowest BCUT2D eigenvalue weighted by atomic mass is 10.1. The summed E-state index contributed by atoms with van der Waals surface area (Å²) in [6.45, 7) is 8.46. The van der Waals surface area contributed by atoms with Gasteiger partial charge in [0.05, 0.1) is 13.2 Å². The van der Waals surface area contributed by atoms with Crippen molar-refractivity contribution >= 4 is 29.9 Å². The van der Waals surface area contributed by atoms with E-state index in [2.05, 4.69) is 29.5 Å². The van der Waals surface area contributed by atoms with Gasteiger partial charge in [-0.3, -0.25) is 4.99 Å². The minimum atomic E-state index is 0. The molecule has 0 bridgehead atoms. The van der Waals surface area contributed by atoms with E-state index >= 15 is 0 Å². The smallest absolute Gasteiger partial charge is 0.191 e. The molecule has 1 unspecified atom stereocenters. The van der Waals surface area contributed by atoms with Crippen molar-refractivity contribution in [3.8, 4) is 0 Å². The SMILES string of the molecule is CN=C(NCCCOCC1CCOC1)NC(C)C.I. The van der Waals surface area contributed by atoms with Gasteiger partial charge >= 0.3 is 0 Å². The van der Waals surface area contributed by atoms with Crippen LogP contribution in [0.5, 0.6) is 0 Å². The lowest BCUT2D eigenvalue weighted by Gasteiger charge is -2.14. The van der Waals surface area contributed by atoms with Gasteiger partial charge in [0.2, 0.25) is 0 Å². The molecule has 114 valence electrons. The van der Waals surface area contributed by atoms with E-state index < -0.39 is 0 Å². The molecule has 0 aromatic carbocycles. The van der Waals surface area contributed by atoms with Crippen LogP contribution < -0.4 is 10.6 Å². The molecule has 0 aromatic heterocycles. The molecule has 0 aromatic rings. The van der Waals surface area contributed by atoms with Crippen molar-refractivity contribution in [2.24, 2.45) is 10.9 Å². The van der Waals surface area contributed by atoms with Gasteiger partial charge in [0, 0.05) is 38.8 Å². The summed E-state index contributed by atoms with van der Waals surface area (Å²) in [7, 11) is 1.79. The highest BCUT2D eigenvalue weighted by atomic mass is 127. The number of hydrogen-bond donors (Lipinski definition) is 2. The second-order valence-electron chi connectivity index (χ2n) is 4.96. The fourth-order valence-electron chi connectivity index (χ4n) is 1.81. The summed E-state index contributed by atoms with van der Waals surface area (Å²) >= 11 is 0. The maximum Gasteiger partial charge on any atom is 0.191 e. The van der Waals surface area contributed by atoms with Crippen LogP contribution >= 0.6 is 24.0 Å². The molecule has 19 heavy (non-hydrogen) atoms. The lowest BCUT2D eigenvalue weighted by molar-refractivity contribution is 0.0888. The van der Waals surface area contributed by atoms with Crippen LogP contribution in [0.15, 0.2) is 4.99 Å². The Hall–Kier alpha value is -0.0800. The molecule has 0 radical (unpaired) electrons. The van der Waals surface area contributed by atoms with Crippen LogP contribution in [0.3, 0.4) is 0 Å². The van der Waals surface area contributed by atoms with Crippen molar-refractivity contribution < 1.29 is 9.47 Å². The predicted octanol–water partition coefficient (Wildman–Crippen LogP) is 1.62. The summed E-state index contributed by atoms with van der Waals surface area (Å²) in [4.78, 5) is 4.15. The molecule has 0 amide bonds. The topological polar surface area (TPSA) is 54.9 Å². The summed E-state index contributed by atoms with van der Waals surface area (Å²) in [5.74, 6) is 1.46. The summed E-state index contributed by atoms with van der Waals surface area (Å²) < 4.78 is 10.9. The minimum Gasteiger partial charge on any atom is -0.381 e. The van der Waals surface area contributed by atoms with Gasteiger partial charge in [-0.2, -0.15) is 0 Å². The zero-order chi connectivity index (χ0) is 13.2. The molecule has 1 aliphatic rings. The fourth-order valence-corrected chi connectivity index (χ4v) is 1.81. The molecule has 0 saturated carbocycles. The van der Waals surface area contributed by atoms with E-state index in [1.165, 1.54) is 0 Å². The predicted molar refractivity (Wildman–Crippen MR) is 89.4 cm³/mol. The summed E-state index contributed by atoms with van der Waals surface area (Å²) in [5, 5.41) is 6.51. The molecular weight excluding hydrogens is 357 g/mol. The van der Waals surface area contributed by atoms with Crippen molar-refractivity contribution in [2.75, 3.05) is 40.0 Å². The third-order valence-corrected chi connectivity index (χ3v) is 2.78. The van der Waals surface area contributed by atoms with Crippen LogP contribution in [0.25, 0.3) is 0 Å². The van der Waals surface area contributed by atoms with E-state index in [0.29, 0.717) is 12.0 Å². The maximum atomic E-state index is 5.63. The van der Waals surface area contributed by atoms with Crippen LogP contribution in [0, 0.1) is 5.92 Å².